The molecule has 5 nitrogen and oxygen atoms in total. The summed E-state index contributed by atoms with van der Waals surface area (Å²) in [7, 11) is 1.37. The molecule has 5 heteroatoms. The summed E-state index contributed by atoms with van der Waals surface area (Å²) in [6.07, 6.45) is 1.45. The monoisotopic (exact) mass is 314 g/mol. The van der Waals surface area contributed by atoms with Crippen LogP contribution in [0.5, 0.6) is 0 Å². The molecule has 2 aromatic rings. The van der Waals surface area contributed by atoms with E-state index in [9.17, 15) is 4.79 Å². The number of ether oxygens (including phenoxy) is 1. The topological polar surface area (TPSA) is 68.7 Å². The minimum Gasteiger partial charge on any atom is -0.467 e. The van der Waals surface area contributed by atoms with E-state index in [0.29, 0.717) is 30.5 Å². The van der Waals surface area contributed by atoms with Gasteiger partial charge < -0.3 is 14.9 Å². The molecule has 3 rings (SSSR count). The molecule has 0 spiro atoms. The maximum Gasteiger partial charge on any atom is 0.341 e. The standard InChI is InChI=1S/C18H22N2O3/c1-22-18(21)14-7-16(23-12-14)10-20-9-15(8-19)17(11-20)13-5-3-2-4-6-13/h2-7,12,15,17H,8-11,19H2,1H3/t15-,17+/m1/s1. The number of methoxy groups -OCH3 is 1. The van der Waals surface area contributed by atoms with E-state index in [0.717, 1.165) is 18.8 Å². The minimum atomic E-state index is -0.372. The van der Waals surface area contributed by atoms with Crippen molar-refractivity contribution in [2.75, 3.05) is 26.7 Å². The maximum atomic E-state index is 11.5. The van der Waals surface area contributed by atoms with Crippen LogP contribution in [0.4, 0.5) is 0 Å². The van der Waals surface area contributed by atoms with Crippen LogP contribution in [0.3, 0.4) is 0 Å². The highest BCUT2D eigenvalue weighted by molar-refractivity contribution is 5.88. The van der Waals surface area contributed by atoms with Gasteiger partial charge in [0.05, 0.1) is 19.2 Å². The molecule has 1 aromatic carbocycles. The summed E-state index contributed by atoms with van der Waals surface area (Å²) in [6, 6.07) is 12.3. The molecule has 2 heterocycles. The van der Waals surface area contributed by atoms with E-state index in [2.05, 4.69) is 29.2 Å². The van der Waals surface area contributed by atoms with Crippen LogP contribution in [0, 0.1) is 5.92 Å². The number of hydrogen-bond acceptors (Lipinski definition) is 5. The molecule has 1 aromatic heterocycles. The summed E-state index contributed by atoms with van der Waals surface area (Å²) in [6.45, 7) is 3.23. The lowest BCUT2D eigenvalue weighted by molar-refractivity contribution is 0.0600. The third-order valence-electron chi connectivity index (χ3n) is 4.50. The highest BCUT2D eigenvalue weighted by Gasteiger charge is 2.33. The smallest absolute Gasteiger partial charge is 0.341 e. The van der Waals surface area contributed by atoms with Gasteiger partial charge in [-0.25, -0.2) is 4.79 Å². The second-order valence-corrected chi connectivity index (χ2v) is 6.00. The molecule has 0 aliphatic carbocycles. The first-order chi connectivity index (χ1) is 11.2. The van der Waals surface area contributed by atoms with Gasteiger partial charge in [-0.15, -0.1) is 0 Å². The molecule has 0 unspecified atom stereocenters. The van der Waals surface area contributed by atoms with E-state index in [4.69, 9.17) is 14.9 Å². The molecule has 0 amide bonds. The van der Waals surface area contributed by atoms with Gasteiger partial charge in [0, 0.05) is 19.0 Å². The number of carbonyl (C=O) groups excluding carboxylic acids is 1. The van der Waals surface area contributed by atoms with Crippen molar-refractivity contribution in [1.29, 1.82) is 0 Å². The zero-order valence-corrected chi connectivity index (χ0v) is 13.3. The van der Waals surface area contributed by atoms with Gasteiger partial charge in [-0.05, 0) is 24.1 Å². The first-order valence-electron chi connectivity index (χ1n) is 7.84. The summed E-state index contributed by atoms with van der Waals surface area (Å²) >= 11 is 0. The molecule has 1 fully saturated rings. The van der Waals surface area contributed by atoms with Gasteiger partial charge >= 0.3 is 5.97 Å². The Kier molecular flexibility index (Phi) is 4.79. The van der Waals surface area contributed by atoms with Crippen LogP contribution in [0.2, 0.25) is 0 Å². The molecule has 2 N–H and O–H groups in total. The van der Waals surface area contributed by atoms with Gasteiger partial charge in [0.1, 0.15) is 12.0 Å². The van der Waals surface area contributed by atoms with Crippen LogP contribution in [-0.2, 0) is 11.3 Å². The first-order valence-corrected chi connectivity index (χ1v) is 7.84. The number of nitrogens with two attached hydrogens (primary N) is 1. The van der Waals surface area contributed by atoms with Crippen LogP contribution in [0.25, 0.3) is 0 Å². The van der Waals surface area contributed by atoms with Crippen LogP contribution in [0.15, 0.2) is 47.1 Å². The third kappa shape index (κ3) is 3.46. The molecular formula is C18H22N2O3. The van der Waals surface area contributed by atoms with Crippen LogP contribution in [0.1, 0.15) is 27.6 Å². The molecule has 0 radical (unpaired) electrons. The van der Waals surface area contributed by atoms with E-state index >= 15 is 0 Å². The minimum absolute atomic E-state index is 0.372. The fraction of sp³-hybridized carbons (Fsp3) is 0.389. The van der Waals surface area contributed by atoms with Crippen molar-refractivity contribution < 1.29 is 13.9 Å². The quantitative estimate of drug-likeness (QED) is 0.857. The number of likely N-dealkylation sites (tertiary alicyclic amines) is 1. The zero-order chi connectivity index (χ0) is 16.2. The number of benzene rings is 1. The van der Waals surface area contributed by atoms with Crippen LogP contribution < -0.4 is 5.73 Å². The van der Waals surface area contributed by atoms with Crippen molar-refractivity contribution in [2.45, 2.75) is 12.5 Å². The second-order valence-electron chi connectivity index (χ2n) is 6.00. The van der Waals surface area contributed by atoms with Gasteiger partial charge in [0.15, 0.2) is 0 Å². The Bertz CT molecular complexity index is 653. The number of hydrogen-bond donors (Lipinski definition) is 1. The molecule has 0 saturated carbocycles. The highest BCUT2D eigenvalue weighted by Crippen LogP contribution is 2.32. The molecule has 1 saturated heterocycles. The summed E-state index contributed by atoms with van der Waals surface area (Å²) in [5.41, 5.74) is 7.76. The van der Waals surface area contributed by atoms with E-state index < -0.39 is 0 Å². The summed E-state index contributed by atoms with van der Waals surface area (Å²) in [5.74, 6) is 1.28. The average Bonchev–Trinajstić information content (AvgIpc) is 3.22. The van der Waals surface area contributed by atoms with Crippen molar-refractivity contribution in [3.05, 3.63) is 59.5 Å². The number of nitrogens with zero attached hydrogens (tertiary/aromatic N) is 1. The van der Waals surface area contributed by atoms with Crippen LogP contribution >= 0.6 is 0 Å². The predicted molar refractivity (Wildman–Crippen MR) is 87.1 cm³/mol. The van der Waals surface area contributed by atoms with Gasteiger partial charge in [0.2, 0.25) is 0 Å². The molecule has 1 aliphatic rings. The van der Waals surface area contributed by atoms with Crippen molar-refractivity contribution in [1.82, 2.24) is 4.90 Å². The van der Waals surface area contributed by atoms with Crippen molar-refractivity contribution >= 4 is 5.97 Å². The summed E-state index contributed by atoms with van der Waals surface area (Å²) in [5, 5.41) is 0. The number of esters is 1. The Morgan fingerprint density at radius 3 is 2.83 bits per heavy atom. The van der Waals surface area contributed by atoms with E-state index in [1.807, 2.05) is 6.07 Å². The zero-order valence-electron chi connectivity index (χ0n) is 13.3. The highest BCUT2D eigenvalue weighted by atomic mass is 16.5. The van der Waals surface area contributed by atoms with E-state index in [1.54, 1.807) is 6.07 Å². The predicted octanol–water partition coefficient (Wildman–Crippen LogP) is 2.24. The molecule has 2 atom stereocenters. The molecule has 0 bridgehead atoms. The molecule has 122 valence electrons. The Morgan fingerprint density at radius 2 is 2.13 bits per heavy atom. The average molecular weight is 314 g/mol. The molecule has 1 aliphatic heterocycles. The maximum absolute atomic E-state index is 11.5. The fourth-order valence-corrected chi connectivity index (χ4v) is 3.32. The lowest BCUT2D eigenvalue weighted by Gasteiger charge is -2.16. The Balaban J connectivity index is 1.68. The normalized spacial score (nSPS) is 21.5. The van der Waals surface area contributed by atoms with Gasteiger partial charge in [-0.1, -0.05) is 30.3 Å². The van der Waals surface area contributed by atoms with Crippen molar-refractivity contribution in [3.63, 3.8) is 0 Å². The molecular weight excluding hydrogens is 292 g/mol. The molecule has 23 heavy (non-hydrogen) atoms. The van der Waals surface area contributed by atoms with Gasteiger partial charge in [-0.3, -0.25) is 4.90 Å². The fourth-order valence-electron chi connectivity index (χ4n) is 3.32. The van der Waals surface area contributed by atoms with Crippen molar-refractivity contribution in [2.24, 2.45) is 11.7 Å². The lowest BCUT2D eigenvalue weighted by atomic mass is 9.89. The van der Waals surface area contributed by atoms with E-state index in [-0.39, 0.29) is 5.97 Å². The third-order valence-corrected chi connectivity index (χ3v) is 4.50. The first kappa shape index (κ1) is 15.8. The largest absolute Gasteiger partial charge is 0.467 e. The Labute approximate surface area is 136 Å². The van der Waals surface area contributed by atoms with Gasteiger partial charge in [0.25, 0.3) is 0 Å². The van der Waals surface area contributed by atoms with Gasteiger partial charge in [-0.2, -0.15) is 0 Å². The van der Waals surface area contributed by atoms with Crippen LogP contribution in [-0.4, -0.2) is 37.6 Å². The Morgan fingerprint density at radius 1 is 1.35 bits per heavy atom. The number of carbonyl (C=O) groups is 1. The second kappa shape index (κ2) is 6.98. The lowest BCUT2D eigenvalue weighted by Crippen LogP contribution is -2.23. The number of rotatable bonds is 5. The van der Waals surface area contributed by atoms with E-state index in [1.165, 1.54) is 18.9 Å². The SMILES string of the molecule is COC(=O)c1coc(CN2C[C@@H](CN)[C@H](c3ccccc3)C2)c1. The van der Waals surface area contributed by atoms with Crippen molar-refractivity contribution in [3.8, 4) is 0 Å². The Hall–Kier alpha value is -2.11. The summed E-state index contributed by atoms with van der Waals surface area (Å²) in [4.78, 5) is 13.8. The number of furan rings is 1. The summed E-state index contributed by atoms with van der Waals surface area (Å²) < 4.78 is 10.2.